The Bertz CT molecular complexity index is 178. The normalized spacial score (nSPS) is 9.47. The van der Waals surface area contributed by atoms with E-state index in [0.717, 1.165) is 26.1 Å². The molecule has 0 amide bonds. The third-order valence-electron chi connectivity index (χ3n) is 1.07. The molecule has 0 fully saturated rings. The van der Waals surface area contributed by atoms with Crippen LogP contribution >= 0.6 is 0 Å². The summed E-state index contributed by atoms with van der Waals surface area (Å²) in [5, 5.41) is 15.6. The Hall–Kier alpha value is -1.36. The highest BCUT2D eigenvalue weighted by molar-refractivity contribution is 5.89. The first-order valence-electron chi connectivity index (χ1n) is 4.76. The Labute approximate surface area is 89.4 Å². The molecule has 0 aromatic rings. The molecule has 2 N–H and O–H groups in total. The first-order valence-corrected chi connectivity index (χ1v) is 4.76. The van der Waals surface area contributed by atoms with Crippen LogP contribution in [-0.4, -0.2) is 35.4 Å². The summed E-state index contributed by atoms with van der Waals surface area (Å²) in [7, 11) is 0. The number of ether oxygens (including phenoxy) is 1. The molecule has 0 unspecified atom stereocenters. The highest BCUT2D eigenvalue weighted by Gasteiger charge is 1.88. The van der Waals surface area contributed by atoms with Crippen LogP contribution in [0.15, 0.2) is 12.2 Å². The summed E-state index contributed by atoms with van der Waals surface area (Å²) >= 11 is 0. The molecule has 0 aliphatic carbocycles. The van der Waals surface area contributed by atoms with E-state index in [2.05, 4.69) is 13.8 Å². The van der Waals surface area contributed by atoms with Crippen LogP contribution in [0.5, 0.6) is 0 Å². The molecule has 5 heteroatoms. The van der Waals surface area contributed by atoms with E-state index in [1.807, 2.05) is 0 Å². The van der Waals surface area contributed by atoms with Gasteiger partial charge >= 0.3 is 11.9 Å². The van der Waals surface area contributed by atoms with Gasteiger partial charge in [-0.15, -0.1) is 0 Å². The molecule has 15 heavy (non-hydrogen) atoms. The largest absolute Gasteiger partial charge is 0.478 e. The van der Waals surface area contributed by atoms with Crippen LogP contribution in [0, 0.1) is 0 Å². The molecule has 0 spiro atoms. The molecular weight excluding hydrogens is 200 g/mol. The summed E-state index contributed by atoms with van der Waals surface area (Å²) < 4.78 is 5.13. The SMILES string of the molecule is CCCOCCC.O=C(O)/C=C\C(=O)O. The van der Waals surface area contributed by atoms with Crippen LogP contribution < -0.4 is 0 Å². The zero-order chi connectivity index (χ0) is 12.1. The van der Waals surface area contributed by atoms with Crippen molar-refractivity contribution < 1.29 is 24.5 Å². The number of rotatable bonds is 6. The maximum atomic E-state index is 9.55. The van der Waals surface area contributed by atoms with Gasteiger partial charge in [0.1, 0.15) is 0 Å². The minimum absolute atomic E-state index is 0.558. The number of carbonyl (C=O) groups is 2. The van der Waals surface area contributed by atoms with E-state index in [-0.39, 0.29) is 0 Å². The molecule has 0 rings (SSSR count). The molecule has 0 radical (unpaired) electrons. The fraction of sp³-hybridized carbons (Fsp3) is 0.600. The van der Waals surface area contributed by atoms with Crippen molar-refractivity contribution in [1.29, 1.82) is 0 Å². The minimum Gasteiger partial charge on any atom is -0.478 e. The Morgan fingerprint density at radius 3 is 1.53 bits per heavy atom. The van der Waals surface area contributed by atoms with Crippen molar-refractivity contribution in [2.75, 3.05) is 13.2 Å². The fourth-order valence-electron chi connectivity index (χ4n) is 0.533. The van der Waals surface area contributed by atoms with Gasteiger partial charge in [0.2, 0.25) is 0 Å². The van der Waals surface area contributed by atoms with E-state index < -0.39 is 11.9 Å². The van der Waals surface area contributed by atoms with Crippen molar-refractivity contribution in [2.24, 2.45) is 0 Å². The summed E-state index contributed by atoms with van der Waals surface area (Å²) in [6.45, 7) is 6.09. The van der Waals surface area contributed by atoms with Gasteiger partial charge in [-0.25, -0.2) is 9.59 Å². The summed E-state index contributed by atoms with van der Waals surface area (Å²) in [5.41, 5.74) is 0. The molecule has 0 heterocycles. The molecule has 0 saturated heterocycles. The molecule has 5 nitrogen and oxygen atoms in total. The molecule has 0 aromatic carbocycles. The zero-order valence-electron chi connectivity index (χ0n) is 9.10. The van der Waals surface area contributed by atoms with E-state index in [0.29, 0.717) is 12.2 Å². The molecule has 0 aromatic heterocycles. The van der Waals surface area contributed by atoms with Crippen LogP contribution in [0.4, 0.5) is 0 Å². The molecule has 88 valence electrons. The van der Waals surface area contributed by atoms with Gasteiger partial charge in [-0.3, -0.25) is 0 Å². The van der Waals surface area contributed by atoms with Crippen LogP contribution in [-0.2, 0) is 14.3 Å². The Balaban J connectivity index is 0. The summed E-state index contributed by atoms with van der Waals surface area (Å²) in [6, 6.07) is 0. The van der Waals surface area contributed by atoms with Gasteiger partial charge in [-0.05, 0) is 12.8 Å². The van der Waals surface area contributed by atoms with Gasteiger partial charge in [0.05, 0.1) is 0 Å². The van der Waals surface area contributed by atoms with Gasteiger partial charge in [0, 0.05) is 25.4 Å². The van der Waals surface area contributed by atoms with E-state index >= 15 is 0 Å². The molecular formula is C10H18O5. The predicted molar refractivity (Wildman–Crippen MR) is 55.8 cm³/mol. The van der Waals surface area contributed by atoms with E-state index in [1.165, 1.54) is 0 Å². The van der Waals surface area contributed by atoms with Gasteiger partial charge in [-0.2, -0.15) is 0 Å². The predicted octanol–water partition coefficient (Wildman–Crippen LogP) is 1.53. The van der Waals surface area contributed by atoms with Crippen molar-refractivity contribution in [3.63, 3.8) is 0 Å². The van der Waals surface area contributed by atoms with Gasteiger partial charge in [-0.1, -0.05) is 13.8 Å². The van der Waals surface area contributed by atoms with Gasteiger partial charge in [0.15, 0.2) is 0 Å². The minimum atomic E-state index is -1.26. The topological polar surface area (TPSA) is 83.8 Å². The van der Waals surface area contributed by atoms with E-state index in [9.17, 15) is 9.59 Å². The highest BCUT2D eigenvalue weighted by Crippen LogP contribution is 1.81. The average molecular weight is 218 g/mol. The quantitative estimate of drug-likeness (QED) is 0.521. The molecule has 0 atom stereocenters. The summed E-state index contributed by atoms with van der Waals surface area (Å²) in [5.74, 6) is -2.51. The fourth-order valence-corrected chi connectivity index (χ4v) is 0.533. The number of hydrogen-bond acceptors (Lipinski definition) is 3. The Morgan fingerprint density at radius 2 is 1.33 bits per heavy atom. The van der Waals surface area contributed by atoms with Crippen LogP contribution in [0.25, 0.3) is 0 Å². The lowest BCUT2D eigenvalue weighted by Gasteiger charge is -1.95. The van der Waals surface area contributed by atoms with Crippen LogP contribution in [0.3, 0.4) is 0 Å². The lowest BCUT2D eigenvalue weighted by atomic mass is 10.5. The second kappa shape index (κ2) is 12.6. The monoisotopic (exact) mass is 218 g/mol. The third kappa shape index (κ3) is 24.5. The molecule has 0 aliphatic heterocycles. The van der Waals surface area contributed by atoms with Crippen LogP contribution in [0.1, 0.15) is 26.7 Å². The summed E-state index contributed by atoms with van der Waals surface area (Å²) in [6.07, 6.45) is 3.39. The smallest absolute Gasteiger partial charge is 0.328 e. The maximum absolute atomic E-state index is 9.55. The second-order valence-corrected chi connectivity index (χ2v) is 2.62. The number of hydrogen-bond donors (Lipinski definition) is 2. The average Bonchev–Trinajstić information content (AvgIpc) is 2.17. The number of carboxylic acid groups (broad SMARTS) is 2. The first kappa shape index (κ1) is 16.1. The second-order valence-electron chi connectivity index (χ2n) is 2.62. The first-order chi connectivity index (χ1) is 7.04. The van der Waals surface area contributed by atoms with Crippen molar-refractivity contribution in [3.05, 3.63) is 12.2 Å². The van der Waals surface area contributed by atoms with E-state index in [4.69, 9.17) is 14.9 Å². The van der Waals surface area contributed by atoms with E-state index in [1.54, 1.807) is 0 Å². The Kier molecular flexibility index (Phi) is 13.6. The van der Waals surface area contributed by atoms with Crippen molar-refractivity contribution in [3.8, 4) is 0 Å². The summed E-state index contributed by atoms with van der Waals surface area (Å²) in [4.78, 5) is 19.1. The third-order valence-corrected chi connectivity index (χ3v) is 1.07. The van der Waals surface area contributed by atoms with Gasteiger partial charge < -0.3 is 14.9 Å². The van der Waals surface area contributed by atoms with Crippen molar-refractivity contribution in [1.82, 2.24) is 0 Å². The molecule has 0 bridgehead atoms. The number of aliphatic carboxylic acids is 2. The van der Waals surface area contributed by atoms with Crippen molar-refractivity contribution in [2.45, 2.75) is 26.7 Å². The standard InChI is InChI=1S/C6H14O.C4H4O4/c1-3-5-7-6-4-2;5-3(6)1-2-4(7)8/h3-6H2,1-2H3;1-2H,(H,5,6)(H,7,8)/b;2-1-. The van der Waals surface area contributed by atoms with Crippen LogP contribution in [0.2, 0.25) is 0 Å². The molecule has 0 aliphatic rings. The zero-order valence-corrected chi connectivity index (χ0v) is 9.10. The molecule has 0 saturated carbocycles. The Morgan fingerprint density at radius 1 is 1.00 bits per heavy atom. The maximum Gasteiger partial charge on any atom is 0.328 e. The highest BCUT2D eigenvalue weighted by atomic mass is 16.5. The number of carboxylic acids is 2. The lowest BCUT2D eigenvalue weighted by Crippen LogP contribution is -1.92. The van der Waals surface area contributed by atoms with Gasteiger partial charge in [0.25, 0.3) is 0 Å². The lowest BCUT2D eigenvalue weighted by molar-refractivity contribution is -0.134. The van der Waals surface area contributed by atoms with Crippen molar-refractivity contribution >= 4 is 11.9 Å².